The zero-order valence-corrected chi connectivity index (χ0v) is 12.8. The van der Waals surface area contributed by atoms with Crippen LogP contribution >= 0.6 is 0 Å². The molecular formula is C16H13F2N3O4. The zero-order valence-electron chi connectivity index (χ0n) is 12.8. The van der Waals surface area contributed by atoms with E-state index in [-0.39, 0.29) is 17.7 Å². The van der Waals surface area contributed by atoms with E-state index in [1.807, 2.05) is 5.32 Å². The van der Waals surface area contributed by atoms with Crippen LogP contribution in [0, 0.1) is 11.6 Å². The molecule has 9 heteroatoms. The molecule has 0 spiro atoms. The molecule has 0 saturated carbocycles. The van der Waals surface area contributed by atoms with E-state index in [2.05, 4.69) is 5.32 Å². The summed E-state index contributed by atoms with van der Waals surface area (Å²) in [5.41, 5.74) is -2.28. The predicted molar refractivity (Wildman–Crippen MR) is 81.3 cm³/mol. The van der Waals surface area contributed by atoms with Crippen molar-refractivity contribution in [3.63, 3.8) is 0 Å². The fraction of sp³-hybridized carbons (Fsp3) is 0.188. The van der Waals surface area contributed by atoms with Gasteiger partial charge >= 0.3 is 6.03 Å². The van der Waals surface area contributed by atoms with Gasteiger partial charge in [0.25, 0.3) is 11.5 Å². The van der Waals surface area contributed by atoms with Crippen molar-refractivity contribution in [1.29, 1.82) is 0 Å². The first kappa shape index (κ1) is 16.8. The fourth-order valence-electron chi connectivity index (χ4n) is 2.75. The normalized spacial score (nSPS) is 19.6. The molecule has 1 saturated heterocycles. The third-order valence-corrected chi connectivity index (χ3v) is 4.03. The number of halogens is 2. The highest BCUT2D eigenvalue weighted by molar-refractivity contribution is 6.07. The fourth-order valence-corrected chi connectivity index (χ4v) is 2.75. The lowest BCUT2D eigenvalue weighted by molar-refractivity contribution is -0.124. The first-order chi connectivity index (χ1) is 11.9. The Morgan fingerprint density at radius 2 is 1.88 bits per heavy atom. The van der Waals surface area contributed by atoms with Gasteiger partial charge in [-0.25, -0.2) is 13.6 Å². The van der Waals surface area contributed by atoms with Crippen molar-refractivity contribution in [3.8, 4) is 0 Å². The molecule has 25 heavy (non-hydrogen) atoms. The number of hydrogen-bond donors (Lipinski definition) is 3. The van der Waals surface area contributed by atoms with Gasteiger partial charge in [-0.15, -0.1) is 0 Å². The number of carbonyl (C=O) groups excluding carboxylic acids is 2. The minimum atomic E-state index is -1.79. The summed E-state index contributed by atoms with van der Waals surface area (Å²) in [4.78, 5) is 36.3. The Morgan fingerprint density at radius 1 is 1.12 bits per heavy atom. The number of aromatic nitrogens is 1. The Morgan fingerprint density at radius 3 is 2.48 bits per heavy atom. The first-order valence-corrected chi connectivity index (χ1v) is 7.26. The number of rotatable bonds is 4. The molecule has 1 unspecified atom stereocenters. The number of imide groups is 1. The van der Waals surface area contributed by atoms with Gasteiger partial charge in [0.2, 0.25) is 0 Å². The molecule has 2 heterocycles. The van der Waals surface area contributed by atoms with E-state index in [1.165, 1.54) is 18.3 Å². The van der Waals surface area contributed by atoms with Crippen LogP contribution in [-0.4, -0.2) is 21.6 Å². The minimum absolute atomic E-state index is 0.0175. The lowest BCUT2D eigenvalue weighted by Gasteiger charge is -2.27. The number of aliphatic hydroxyl groups is 1. The summed E-state index contributed by atoms with van der Waals surface area (Å²) in [5.74, 6) is -3.10. The molecule has 0 bridgehead atoms. The SMILES string of the molecule is O=C1NC(=O)C(Cn2cccc(CO)c2=O)(c2ccc(F)c(F)c2)N1. The van der Waals surface area contributed by atoms with Crippen LogP contribution in [0.15, 0.2) is 41.3 Å². The molecule has 1 atom stereocenters. The summed E-state index contributed by atoms with van der Waals surface area (Å²) in [6, 6.07) is 4.86. The quantitative estimate of drug-likeness (QED) is 0.694. The topological polar surface area (TPSA) is 100 Å². The molecule has 0 radical (unpaired) electrons. The Kier molecular flexibility index (Phi) is 4.09. The molecule has 3 rings (SSSR count). The third kappa shape index (κ3) is 2.78. The largest absolute Gasteiger partial charge is 0.391 e. The number of nitrogens with one attached hydrogen (secondary N) is 2. The summed E-state index contributed by atoms with van der Waals surface area (Å²) < 4.78 is 28.0. The van der Waals surface area contributed by atoms with Gasteiger partial charge in [-0.3, -0.25) is 14.9 Å². The van der Waals surface area contributed by atoms with Gasteiger partial charge < -0.3 is 15.0 Å². The summed E-state index contributed by atoms with van der Waals surface area (Å²) in [6.45, 7) is -0.862. The van der Waals surface area contributed by atoms with E-state index in [0.717, 1.165) is 22.8 Å². The second-order valence-corrected chi connectivity index (χ2v) is 5.57. The van der Waals surface area contributed by atoms with Crippen LogP contribution in [0.25, 0.3) is 0 Å². The van der Waals surface area contributed by atoms with Gasteiger partial charge in [0.05, 0.1) is 13.2 Å². The lowest BCUT2D eigenvalue weighted by Crippen LogP contribution is -2.49. The highest BCUT2D eigenvalue weighted by Crippen LogP contribution is 2.28. The highest BCUT2D eigenvalue weighted by atomic mass is 19.2. The molecule has 1 aliphatic rings. The molecule has 130 valence electrons. The van der Waals surface area contributed by atoms with Crippen LogP contribution < -0.4 is 16.2 Å². The van der Waals surface area contributed by atoms with Gasteiger partial charge in [0.15, 0.2) is 17.2 Å². The summed E-state index contributed by atoms with van der Waals surface area (Å²) in [7, 11) is 0. The van der Waals surface area contributed by atoms with Crippen LogP contribution in [0.4, 0.5) is 13.6 Å². The Labute approximate surface area is 139 Å². The Bertz CT molecular complexity index is 928. The standard InChI is InChI=1S/C16H13F2N3O4/c17-11-4-3-10(6-12(11)18)16(14(24)19-15(25)20-16)8-21-5-1-2-9(7-22)13(21)23/h1-6,22H,7-8H2,(H2,19,20,24,25). The van der Waals surface area contributed by atoms with E-state index >= 15 is 0 Å². The number of amides is 3. The van der Waals surface area contributed by atoms with Crippen LogP contribution in [0.2, 0.25) is 0 Å². The molecule has 3 N–H and O–H groups in total. The van der Waals surface area contributed by atoms with Gasteiger partial charge in [-0.05, 0) is 29.8 Å². The second-order valence-electron chi connectivity index (χ2n) is 5.57. The highest BCUT2D eigenvalue weighted by Gasteiger charge is 2.48. The number of nitrogens with zero attached hydrogens (tertiary/aromatic N) is 1. The smallest absolute Gasteiger partial charge is 0.322 e. The molecule has 7 nitrogen and oxygen atoms in total. The van der Waals surface area contributed by atoms with Crippen LogP contribution in [0.3, 0.4) is 0 Å². The van der Waals surface area contributed by atoms with Crippen LogP contribution in [0.1, 0.15) is 11.1 Å². The average Bonchev–Trinajstić information content (AvgIpc) is 2.86. The van der Waals surface area contributed by atoms with Gasteiger partial charge in [0, 0.05) is 11.8 Å². The van der Waals surface area contributed by atoms with Crippen molar-refractivity contribution in [2.45, 2.75) is 18.7 Å². The van der Waals surface area contributed by atoms with Gasteiger partial charge in [-0.1, -0.05) is 6.07 Å². The van der Waals surface area contributed by atoms with Crippen molar-refractivity contribution in [3.05, 3.63) is 69.6 Å². The summed E-state index contributed by atoms with van der Waals surface area (Å²) >= 11 is 0. The molecule has 1 fully saturated rings. The molecular weight excluding hydrogens is 336 g/mol. The molecule has 1 aliphatic heterocycles. The lowest BCUT2D eigenvalue weighted by atomic mass is 9.89. The Balaban J connectivity index is 2.14. The number of pyridine rings is 1. The minimum Gasteiger partial charge on any atom is -0.391 e. The van der Waals surface area contributed by atoms with E-state index < -0.39 is 41.3 Å². The zero-order chi connectivity index (χ0) is 18.2. The summed E-state index contributed by atoms with van der Waals surface area (Å²) in [5, 5.41) is 13.6. The van der Waals surface area contributed by atoms with E-state index in [0.29, 0.717) is 0 Å². The molecule has 3 amide bonds. The molecule has 1 aromatic heterocycles. The van der Waals surface area contributed by atoms with Crippen molar-refractivity contribution >= 4 is 11.9 Å². The third-order valence-electron chi connectivity index (χ3n) is 4.03. The van der Waals surface area contributed by atoms with E-state index in [1.54, 1.807) is 0 Å². The van der Waals surface area contributed by atoms with Crippen LogP contribution in [-0.2, 0) is 23.5 Å². The van der Waals surface area contributed by atoms with Gasteiger partial charge in [-0.2, -0.15) is 0 Å². The monoisotopic (exact) mass is 349 g/mol. The van der Waals surface area contributed by atoms with Gasteiger partial charge in [0.1, 0.15) is 0 Å². The van der Waals surface area contributed by atoms with Crippen molar-refractivity contribution in [2.24, 2.45) is 0 Å². The van der Waals surface area contributed by atoms with E-state index in [4.69, 9.17) is 0 Å². The Hall–Kier alpha value is -3.07. The van der Waals surface area contributed by atoms with Crippen molar-refractivity contribution in [1.82, 2.24) is 15.2 Å². The number of carbonyl (C=O) groups is 2. The molecule has 0 aliphatic carbocycles. The summed E-state index contributed by atoms with van der Waals surface area (Å²) in [6.07, 6.45) is 1.36. The molecule has 1 aromatic carbocycles. The maximum absolute atomic E-state index is 13.6. The predicted octanol–water partition coefficient (Wildman–Crippen LogP) is 0.354. The first-order valence-electron chi connectivity index (χ1n) is 7.26. The number of urea groups is 1. The maximum Gasteiger partial charge on any atom is 0.322 e. The van der Waals surface area contributed by atoms with Crippen molar-refractivity contribution in [2.75, 3.05) is 0 Å². The van der Waals surface area contributed by atoms with Crippen molar-refractivity contribution < 1.29 is 23.5 Å². The number of aliphatic hydroxyl groups excluding tert-OH is 1. The maximum atomic E-state index is 13.6. The average molecular weight is 349 g/mol. The molecule has 2 aromatic rings. The second kappa shape index (κ2) is 6.10. The van der Waals surface area contributed by atoms with Crippen LogP contribution in [0.5, 0.6) is 0 Å². The van der Waals surface area contributed by atoms with E-state index in [9.17, 15) is 28.3 Å². The number of hydrogen-bond acceptors (Lipinski definition) is 4. The number of benzene rings is 1.